The van der Waals surface area contributed by atoms with Gasteiger partial charge in [0.25, 0.3) is 0 Å². The van der Waals surface area contributed by atoms with Crippen molar-refractivity contribution in [2.75, 3.05) is 13.7 Å². The average molecular weight is 299 g/mol. The molecule has 2 aromatic carbocycles. The van der Waals surface area contributed by atoms with Gasteiger partial charge in [-0.15, -0.1) is 0 Å². The minimum Gasteiger partial charge on any atom is -0.504 e. The number of aliphatic imine (C=N–C) groups is 1. The lowest BCUT2D eigenvalue weighted by molar-refractivity contribution is 0.373. The molecule has 0 saturated carbocycles. The van der Waals surface area contributed by atoms with Crippen molar-refractivity contribution >= 4 is 5.96 Å². The molecule has 0 fully saturated rings. The highest BCUT2D eigenvalue weighted by atomic mass is 16.5. The molecule has 2 rings (SSSR count). The number of phenolic OH excluding ortho intramolecular Hbond substituents is 1. The van der Waals surface area contributed by atoms with Crippen LogP contribution in [0.25, 0.3) is 0 Å². The minimum absolute atomic E-state index is 0.103. The lowest BCUT2D eigenvalue weighted by Crippen LogP contribution is -2.33. The second kappa shape index (κ2) is 7.93. The van der Waals surface area contributed by atoms with Crippen LogP contribution in [0.15, 0.2) is 53.5 Å². The van der Waals surface area contributed by atoms with Crippen molar-refractivity contribution in [2.45, 2.75) is 13.0 Å². The summed E-state index contributed by atoms with van der Waals surface area (Å²) in [6.45, 7) is 1.13. The minimum atomic E-state index is 0.103. The van der Waals surface area contributed by atoms with Crippen LogP contribution in [0.4, 0.5) is 0 Å². The number of nitrogens with two attached hydrogens (primary N) is 1. The van der Waals surface area contributed by atoms with E-state index in [0.717, 1.165) is 18.5 Å². The first-order valence-electron chi connectivity index (χ1n) is 7.12. The van der Waals surface area contributed by atoms with Gasteiger partial charge in [0.15, 0.2) is 17.5 Å². The van der Waals surface area contributed by atoms with E-state index in [1.54, 1.807) is 12.1 Å². The van der Waals surface area contributed by atoms with Crippen LogP contribution in [0, 0.1) is 0 Å². The molecule has 0 radical (unpaired) electrons. The Balaban J connectivity index is 1.81. The maximum atomic E-state index is 9.70. The van der Waals surface area contributed by atoms with Crippen molar-refractivity contribution in [3.8, 4) is 11.5 Å². The first-order chi connectivity index (χ1) is 10.7. The molecule has 2 aromatic rings. The van der Waals surface area contributed by atoms with Crippen molar-refractivity contribution < 1.29 is 9.84 Å². The van der Waals surface area contributed by atoms with E-state index in [-0.39, 0.29) is 5.75 Å². The zero-order chi connectivity index (χ0) is 15.8. The van der Waals surface area contributed by atoms with Crippen LogP contribution in [-0.4, -0.2) is 24.7 Å². The van der Waals surface area contributed by atoms with E-state index < -0.39 is 0 Å². The number of ether oxygens (including phenoxy) is 1. The molecule has 0 aliphatic rings. The van der Waals surface area contributed by atoms with E-state index in [2.05, 4.69) is 22.4 Å². The maximum Gasteiger partial charge on any atom is 0.188 e. The Bertz CT molecular complexity index is 627. The zero-order valence-electron chi connectivity index (χ0n) is 12.6. The van der Waals surface area contributed by atoms with Gasteiger partial charge in [-0.25, -0.2) is 4.99 Å². The van der Waals surface area contributed by atoms with E-state index in [1.165, 1.54) is 12.7 Å². The topological polar surface area (TPSA) is 79.9 Å². The molecule has 0 aliphatic heterocycles. The monoisotopic (exact) mass is 299 g/mol. The first kappa shape index (κ1) is 15.7. The van der Waals surface area contributed by atoms with E-state index in [0.29, 0.717) is 18.3 Å². The smallest absolute Gasteiger partial charge is 0.188 e. The van der Waals surface area contributed by atoms with Crippen LogP contribution in [0.3, 0.4) is 0 Å². The quantitative estimate of drug-likeness (QED) is 0.563. The molecule has 0 atom stereocenters. The highest BCUT2D eigenvalue weighted by Gasteiger charge is 2.02. The lowest BCUT2D eigenvalue weighted by Gasteiger charge is -2.07. The molecule has 0 bridgehead atoms. The number of hydrogen-bond acceptors (Lipinski definition) is 3. The van der Waals surface area contributed by atoms with Crippen LogP contribution in [-0.2, 0) is 13.0 Å². The largest absolute Gasteiger partial charge is 0.504 e. The summed E-state index contributed by atoms with van der Waals surface area (Å²) in [6, 6.07) is 15.4. The van der Waals surface area contributed by atoms with Gasteiger partial charge in [-0.3, -0.25) is 0 Å². The summed E-state index contributed by atoms with van der Waals surface area (Å²) in [4.78, 5) is 4.25. The number of hydrogen-bond donors (Lipinski definition) is 3. The zero-order valence-corrected chi connectivity index (χ0v) is 12.6. The number of guanidine groups is 1. The molecule has 0 heterocycles. The van der Waals surface area contributed by atoms with Gasteiger partial charge in [0.1, 0.15) is 0 Å². The van der Waals surface area contributed by atoms with Gasteiger partial charge >= 0.3 is 0 Å². The third kappa shape index (κ3) is 4.70. The van der Waals surface area contributed by atoms with E-state index in [1.807, 2.05) is 24.3 Å². The molecular weight excluding hydrogens is 278 g/mol. The SMILES string of the molecule is COc1ccc(CN=C(N)NCCc2ccccc2)cc1O. The number of benzene rings is 2. The highest BCUT2D eigenvalue weighted by Crippen LogP contribution is 2.26. The fourth-order valence-corrected chi connectivity index (χ4v) is 2.05. The summed E-state index contributed by atoms with van der Waals surface area (Å²) in [5.41, 5.74) is 7.95. The molecule has 0 aliphatic carbocycles. The summed E-state index contributed by atoms with van der Waals surface area (Å²) in [7, 11) is 1.52. The molecule has 116 valence electrons. The molecule has 0 saturated heterocycles. The predicted molar refractivity (Wildman–Crippen MR) is 88.1 cm³/mol. The second-order valence-corrected chi connectivity index (χ2v) is 4.87. The lowest BCUT2D eigenvalue weighted by atomic mass is 10.1. The number of aromatic hydroxyl groups is 1. The summed E-state index contributed by atoms with van der Waals surface area (Å²) in [5.74, 6) is 0.943. The molecule has 0 unspecified atom stereocenters. The van der Waals surface area contributed by atoms with Crippen LogP contribution in [0.2, 0.25) is 0 Å². The normalized spacial score (nSPS) is 11.2. The summed E-state index contributed by atoms with van der Waals surface area (Å²) < 4.78 is 5.00. The maximum absolute atomic E-state index is 9.70. The number of phenols is 1. The highest BCUT2D eigenvalue weighted by molar-refractivity contribution is 5.77. The Kier molecular flexibility index (Phi) is 5.65. The molecule has 0 spiro atoms. The number of rotatable bonds is 6. The van der Waals surface area contributed by atoms with E-state index >= 15 is 0 Å². The van der Waals surface area contributed by atoms with Gasteiger partial charge in [0.2, 0.25) is 0 Å². The van der Waals surface area contributed by atoms with Gasteiger partial charge in [-0.2, -0.15) is 0 Å². The molecule has 5 nitrogen and oxygen atoms in total. The standard InChI is InChI=1S/C17H21N3O2/c1-22-16-8-7-14(11-15(16)21)12-20-17(18)19-10-9-13-5-3-2-4-6-13/h2-8,11,21H,9-10,12H2,1H3,(H3,18,19,20). The number of nitrogens with zero attached hydrogens (tertiary/aromatic N) is 1. The number of nitrogens with one attached hydrogen (secondary N) is 1. The number of methoxy groups -OCH3 is 1. The van der Waals surface area contributed by atoms with Crippen molar-refractivity contribution in [3.63, 3.8) is 0 Å². The molecule has 0 amide bonds. The van der Waals surface area contributed by atoms with Crippen molar-refractivity contribution in [1.29, 1.82) is 0 Å². The summed E-state index contributed by atoms with van der Waals surface area (Å²) in [6.07, 6.45) is 0.889. The second-order valence-electron chi connectivity index (χ2n) is 4.87. The third-order valence-corrected chi connectivity index (χ3v) is 3.24. The first-order valence-corrected chi connectivity index (χ1v) is 7.12. The van der Waals surface area contributed by atoms with Gasteiger partial charge in [0.05, 0.1) is 13.7 Å². The molecule has 5 heteroatoms. The van der Waals surface area contributed by atoms with Gasteiger partial charge < -0.3 is 20.9 Å². The fraction of sp³-hybridized carbons (Fsp3) is 0.235. The molecular formula is C17H21N3O2. The van der Waals surface area contributed by atoms with Gasteiger partial charge in [-0.05, 0) is 29.7 Å². The van der Waals surface area contributed by atoms with Crippen LogP contribution in [0.5, 0.6) is 11.5 Å². The van der Waals surface area contributed by atoms with Crippen LogP contribution >= 0.6 is 0 Å². The van der Waals surface area contributed by atoms with Crippen LogP contribution in [0.1, 0.15) is 11.1 Å². The van der Waals surface area contributed by atoms with Gasteiger partial charge in [0, 0.05) is 6.54 Å². The van der Waals surface area contributed by atoms with Crippen molar-refractivity contribution in [1.82, 2.24) is 5.32 Å². The van der Waals surface area contributed by atoms with E-state index in [4.69, 9.17) is 10.5 Å². The fourth-order valence-electron chi connectivity index (χ4n) is 2.05. The predicted octanol–water partition coefficient (Wildman–Crippen LogP) is 2.05. The molecule has 4 N–H and O–H groups in total. The van der Waals surface area contributed by atoms with Crippen molar-refractivity contribution in [2.24, 2.45) is 10.7 Å². The Morgan fingerprint density at radius 1 is 1.18 bits per heavy atom. The summed E-state index contributed by atoms with van der Waals surface area (Å²) in [5, 5.41) is 12.8. The Morgan fingerprint density at radius 3 is 2.64 bits per heavy atom. The van der Waals surface area contributed by atoms with E-state index in [9.17, 15) is 5.11 Å². The van der Waals surface area contributed by atoms with Crippen LogP contribution < -0.4 is 15.8 Å². The third-order valence-electron chi connectivity index (χ3n) is 3.24. The Morgan fingerprint density at radius 2 is 1.95 bits per heavy atom. The average Bonchev–Trinajstić information content (AvgIpc) is 2.54. The van der Waals surface area contributed by atoms with Gasteiger partial charge in [-0.1, -0.05) is 36.4 Å². The molecule has 22 heavy (non-hydrogen) atoms. The Hall–Kier alpha value is -2.69. The summed E-state index contributed by atoms with van der Waals surface area (Å²) >= 11 is 0. The molecule has 0 aromatic heterocycles. The van der Waals surface area contributed by atoms with Crippen molar-refractivity contribution in [3.05, 3.63) is 59.7 Å². The Labute approximate surface area is 130 Å².